The van der Waals surface area contributed by atoms with Gasteiger partial charge in [-0.1, -0.05) is 0 Å². The van der Waals surface area contributed by atoms with Crippen molar-refractivity contribution in [2.24, 2.45) is 0 Å². The SMILES string of the molecule is Cc1nccnc1NC(C)c1cn[nH]c1. The average molecular weight is 203 g/mol. The van der Waals surface area contributed by atoms with Crippen LogP contribution >= 0.6 is 0 Å². The van der Waals surface area contributed by atoms with E-state index < -0.39 is 0 Å². The number of aromatic nitrogens is 4. The lowest BCUT2D eigenvalue weighted by molar-refractivity contribution is 0.867. The van der Waals surface area contributed by atoms with Crippen LogP contribution in [-0.4, -0.2) is 20.2 Å². The predicted molar refractivity (Wildman–Crippen MR) is 57.4 cm³/mol. The largest absolute Gasteiger partial charge is 0.362 e. The molecule has 0 amide bonds. The normalized spacial score (nSPS) is 12.4. The van der Waals surface area contributed by atoms with Crippen molar-refractivity contribution in [2.75, 3.05) is 5.32 Å². The summed E-state index contributed by atoms with van der Waals surface area (Å²) in [7, 11) is 0. The number of aryl methyl sites for hydroxylation is 1. The Bertz CT molecular complexity index is 423. The summed E-state index contributed by atoms with van der Waals surface area (Å²) >= 11 is 0. The van der Waals surface area contributed by atoms with Crippen LogP contribution in [0.5, 0.6) is 0 Å². The molecule has 0 bridgehead atoms. The molecule has 1 atom stereocenters. The molecule has 5 nitrogen and oxygen atoms in total. The zero-order valence-corrected chi connectivity index (χ0v) is 8.73. The van der Waals surface area contributed by atoms with Crippen LogP contribution in [0.3, 0.4) is 0 Å². The molecule has 0 fully saturated rings. The van der Waals surface area contributed by atoms with Crippen LogP contribution in [0.25, 0.3) is 0 Å². The molecule has 78 valence electrons. The monoisotopic (exact) mass is 203 g/mol. The number of rotatable bonds is 3. The maximum absolute atomic E-state index is 4.22. The quantitative estimate of drug-likeness (QED) is 0.796. The van der Waals surface area contributed by atoms with E-state index in [1.165, 1.54) is 0 Å². The number of nitrogens with one attached hydrogen (secondary N) is 2. The Balaban J connectivity index is 2.13. The number of aromatic amines is 1. The van der Waals surface area contributed by atoms with Crippen molar-refractivity contribution >= 4 is 5.82 Å². The fourth-order valence-electron chi connectivity index (χ4n) is 1.34. The lowest BCUT2D eigenvalue weighted by Crippen LogP contribution is -2.08. The molecule has 1 unspecified atom stereocenters. The van der Waals surface area contributed by atoms with Gasteiger partial charge in [0.05, 0.1) is 17.9 Å². The highest BCUT2D eigenvalue weighted by Gasteiger charge is 2.08. The summed E-state index contributed by atoms with van der Waals surface area (Å²) in [4.78, 5) is 8.39. The maximum atomic E-state index is 4.22. The van der Waals surface area contributed by atoms with Crippen molar-refractivity contribution in [1.29, 1.82) is 0 Å². The minimum Gasteiger partial charge on any atom is -0.362 e. The highest BCUT2D eigenvalue weighted by Crippen LogP contribution is 2.17. The third kappa shape index (κ3) is 2.12. The molecule has 0 saturated heterocycles. The maximum Gasteiger partial charge on any atom is 0.147 e. The van der Waals surface area contributed by atoms with E-state index in [0.717, 1.165) is 17.1 Å². The molecule has 0 spiro atoms. The molecule has 0 aromatic carbocycles. The molecule has 0 aliphatic carbocycles. The minimum absolute atomic E-state index is 0.166. The fraction of sp³-hybridized carbons (Fsp3) is 0.300. The lowest BCUT2D eigenvalue weighted by Gasteiger charge is -2.13. The summed E-state index contributed by atoms with van der Waals surface area (Å²) in [5.41, 5.74) is 1.99. The molecule has 15 heavy (non-hydrogen) atoms. The van der Waals surface area contributed by atoms with Crippen molar-refractivity contribution in [3.63, 3.8) is 0 Å². The molecule has 2 aromatic rings. The van der Waals surface area contributed by atoms with E-state index >= 15 is 0 Å². The number of H-pyrrole nitrogens is 1. The topological polar surface area (TPSA) is 66.5 Å². The standard InChI is InChI=1S/C10H13N5/c1-7(9-5-13-14-6-9)15-10-8(2)11-3-4-12-10/h3-7H,1-2H3,(H,12,15)(H,13,14). The van der Waals surface area contributed by atoms with Crippen molar-refractivity contribution in [3.05, 3.63) is 36.0 Å². The van der Waals surface area contributed by atoms with E-state index in [0.29, 0.717) is 0 Å². The van der Waals surface area contributed by atoms with Gasteiger partial charge in [-0.2, -0.15) is 5.10 Å². The summed E-state index contributed by atoms with van der Waals surface area (Å²) in [5.74, 6) is 0.811. The van der Waals surface area contributed by atoms with Crippen molar-refractivity contribution < 1.29 is 0 Å². The summed E-state index contributed by atoms with van der Waals surface area (Å²) in [6.45, 7) is 3.98. The van der Waals surface area contributed by atoms with Gasteiger partial charge in [-0.05, 0) is 13.8 Å². The first-order valence-electron chi connectivity index (χ1n) is 4.80. The van der Waals surface area contributed by atoms with Gasteiger partial charge in [-0.3, -0.25) is 10.1 Å². The number of hydrogen-bond acceptors (Lipinski definition) is 4. The Kier molecular flexibility index (Phi) is 2.62. The first-order chi connectivity index (χ1) is 7.27. The van der Waals surface area contributed by atoms with Gasteiger partial charge < -0.3 is 5.32 Å². The zero-order chi connectivity index (χ0) is 10.7. The van der Waals surface area contributed by atoms with Crippen molar-refractivity contribution in [1.82, 2.24) is 20.2 Å². The third-order valence-corrected chi connectivity index (χ3v) is 2.25. The van der Waals surface area contributed by atoms with Gasteiger partial charge >= 0.3 is 0 Å². The summed E-state index contributed by atoms with van der Waals surface area (Å²) in [6, 6.07) is 0.166. The molecule has 2 N–H and O–H groups in total. The average Bonchev–Trinajstić information content (AvgIpc) is 2.74. The third-order valence-electron chi connectivity index (χ3n) is 2.25. The van der Waals surface area contributed by atoms with Crippen LogP contribution < -0.4 is 5.32 Å². The first kappa shape index (κ1) is 9.64. The number of nitrogens with zero attached hydrogens (tertiary/aromatic N) is 3. The Morgan fingerprint density at radius 2 is 2.13 bits per heavy atom. The van der Waals surface area contributed by atoms with Gasteiger partial charge in [-0.25, -0.2) is 4.98 Å². The molecular formula is C10H13N5. The van der Waals surface area contributed by atoms with Gasteiger partial charge in [0.1, 0.15) is 5.82 Å². The summed E-state index contributed by atoms with van der Waals surface area (Å²) in [6.07, 6.45) is 7.02. The summed E-state index contributed by atoms with van der Waals surface area (Å²) < 4.78 is 0. The van der Waals surface area contributed by atoms with Gasteiger partial charge in [-0.15, -0.1) is 0 Å². The van der Waals surface area contributed by atoms with E-state index in [9.17, 15) is 0 Å². The molecule has 0 aliphatic heterocycles. The van der Waals surface area contributed by atoms with E-state index in [-0.39, 0.29) is 6.04 Å². The van der Waals surface area contributed by atoms with Crippen LogP contribution in [0.4, 0.5) is 5.82 Å². The van der Waals surface area contributed by atoms with E-state index in [1.807, 2.05) is 13.1 Å². The van der Waals surface area contributed by atoms with E-state index in [2.05, 4.69) is 32.4 Å². The Morgan fingerprint density at radius 3 is 2.80 bits per heavy atom. The van der Waals surface area contributed by atoms with Crippen LogP contribution in [0.1, 0.15) is 24.2 Å². The predicted octanol–water partition coefficient (Wildman–Crippen LogP) is 1.68. The summed E-state index contributed by atoms with van der Waals surface area (Å²) in [5, 5.41) is 9.97. The van der Waals surface area contributed by atoms with Gasteiger partial charge in [0.15, 0.2) is 0 Å². The van der Waals surface area contributed by atoms with Gasteiger partial charge in [0.25, 0.3) is 0 Å². The van der Waals surface area contributed by atoms with Crippen LogP contribution in [0, 0.1) is 6.92 Å². The first-order valence-corrected chi connectivity index (χ1v) is 4.80. The molecule has 2 rings (SSSR count). The molecule has 2 aromatic heterocycles. The van der Waals surface area contributed by atoms with Crippen LogP contribution in [0.2, 0.25) is 0 Å². The van der Waals surface area contributed by atoms with E-state index in [1.54, 1.807) is 18.6 Å². The van der Waals surface area contributed by atoms with Gasteiger partial charge in [0, 0.05) is 24.2 Å². The highest BCUT2D eigenvalue weighted by atomic mass is 15.1. The molecule has 5 heteroatoms. The second-order valence-corrected chi connectivity index (χ2v) is 3.39. The van der Waals surface area contributed by atoms with Crippen LogP contribution in [-0.2, 0) is 0 Å². The smallest absolute Gasteiger partial charge is 0.147 e. The van der Waals surface area contributed by atoms with Gasteiger partial charge in [0.2, 0.25) is 0 Å². The van der Waals surface area contributed by atoms with Crippen molar-refractivity contribution in [2.45, 2.75) is 19.9 Å². The Hall–Kier alpha value is -1.91. The second kappa shape index (κ2) is 4.08. The second-order valence-electron chi connectivity index (χ2n) is 3.39. The molecule has 0 aliphatic rings. The van der Waals surface area contributed by atoms with E-state index in [4.69, 9.17) is 0 Å². The van der Waals surface area contributed by atoms with Crippen molar-refractivity contribution in [3.8, 4) is 0 Å². The molecular weight excluding hydrogens is 190 g/mol. The Morgan fingerprint density at radius 1 is 1.33 bits per heavy atom. The molecule has 2 heterocycles. The minimum atomic E-state index is 0.166. The van der Waals surface area contributed by atoms with Crippen LogP contribution in [0.15, 0.2) is 24.8 Å². The molecule has 0 saturated carbocycles. The highest BCUT2D eigenvalue weighted by molar-refractivity contribution is 5.40. The number of hydrogen-bond donors (Lipinski definition) is 2. The number of anilines is 1. The Labute approximate surface area is 88.0 Å². The lowest BCUT2D eigenvalue weighted by atomic mass is 10.2. The zero-order valence-electron chi connectivity index (χ0n) is 8.73. The fourth-order valence-corrected chi connectivity index (χ4v) is 1.34. The molecule has 0 radical (unpaired) electrons.